The predicted octanol–water partition coefficient (Wildman–Crippen LogP) is 4.52. The van der Waals surface area contributed by atoms with E-state index in [0.29, 0.717) is 30.3 Å². The van der Waals surface area contributed by atoms with Crippen LogP contribution in [0.2, 0.25) is 0 Å². The number of ether oxygens (including phenoxy) is 2. The van der Waals surface area contributed by atoms with E-state index in [2.05, 4.69) is 10.5 Å². The van der Waals surface area contributed by atoms with Gasteiger partial charge in [-0.1, -0.05) is 55.0 Å². The number of carbonyl (C=O) groups excluding carboxylic acids is 1. The van der Waals surface area contributed by atoms with Crippen LogP contribution in [0.25, 0.3) is 0 Å². The van der Waals surface area contributed by atoms with Gasteiger partial charge in [0.15, 0.2) is 11.5 Å². The summed E-state index contributed by atoms with van der Waals surface area (Å²) in [5.74, 6) is 0.669. The highest BCUT2D eigenvalue weighted by molar-refractivity contribution is 7.89. The Hall–Kier alpha value is -3.69. The number of hydrazone groups is 1. The van der Waals surface area contributed by atoms with Gasteiger partial charge >= 0.3 is 0 Å². The van der Waals surface area contributed by atoms with E-state index in [1.54, 1.807) is 42.5 Å². The van der Waals surface area contributed by atoms with Crippen molar-refractivity contribution in [2.45, 2.75) is 38.6 Å². The number of hydrogen-bond acceptors (Lipinski definition) is 6. The lowest BCUT2D eigenvalue weighted by Crippen LogP contribution is -2.39. The fourth-order valence-corrected chi connectivity index (χ4v) is 4.84. The largest absolute Gasteiger partial charge is 0.490 e. The van der Waals surface area contributed by atoms with Gasteiger partial charge in [0.2, 0.25) is 10.0 Å². The van der Waals surface area contributed by atoms with Crippen LogP contribution < -0.4 is 14.9 Å². The molecule has 0 radical (unpaired) electrons. The van der Waals surface area contributed by atoms with Crippen LogP contribution in [0.3, 0.4) is 0 Å². The monoisotopic (exact) mass is 523 g/mol. The summed E-state index contributed by atoms with van der Waals surface area (Å²) in [4.78, 5) is 12.9. The number of nitrogens with zero attached hydrogens (tertiary/aromatic N) is 2. The minimum atomic E-state index is -3.92. The number of benzene rings is 3. The summed E-state index contributed by atoms with van der Waals surface area (Å²) in [6, 6.07) is 21.0. The topological polar surface area (TPSA) is 97.3 Å². The van der Waals surface area contributed by atoms with Gasteiger partial charge in [-0.25, -0.2) is 13.8 Å². The number of sulfonamides is 1. The smallest absolute Gasteiger partial charge is 0.255 e. The van der Waals surface area contributed by atoms with Crippen molar-refractivity contribution in [3.63, 3.8) is 0 Å². The van der Waals surface area contributed by atoms with Crippen LogP contribution in [0, 0.1) is 6.92 Å². The standard InChI is InChI=1S/C28H33N3O5S/c1-4-17-36-26-16-13-24(18-27(26)35-5-2)19-29-30-28(32)21-31(20-23-9-7-6-8-10-23)37(33,34)25-14-11-22(3)12-15-25/h6-16,18-19H,4-5,17,20-21H2,1-3H3,(H,30,32)/b29-19-. The first-order chi connectivity index (χ1) is 17.8. The number of amides is 1. The molecule has 1 amide bonds. The third kappa shape index (κ3) is 8.16. The van der Waals surface area contributed by atoms with Gasteiger partial charge < -0.3 is 9.47 Å². The number of carbonyl (C=O) groups is 1. The lowest BCUT2D eigenvalue weighted by atomic mass is 10.2. The van der Waals surface area contributed by atoms with Crippen molar-refractivity contribution in [1.29, 1.82) is 0 Å². The highest BCUT2D eigenvalue weighted by atomic mass is 32.2. The van der Waals surface area contributed by atoms with Crippen LogP contribution >= 0.6 is 0 Å². The quantitative estimate of drug-likeness (QED) is 0.262. The van der Waals surface area contributed by atoms with E-state index in [0.717, 1.165) is 21.9 Å². The molecule has 0 aromatic heterocycles. The molecule has 0 aliphatic carbocycles. The Kier molecular flexibility index (Phi) is 10.2. The summed E-state index contributed by atoms with van der Waals surface area (Å²) < 4.78 is 39.2. The molecule has 0 spiro atoms. The summed E-state index contributed by atoms with van der Waals surface area (Å²) in [6.45, 7) is 6.50. The van der Waals surface area contributed by atoms with E-state index in [1.165, 1.54) is 6.21 Å². The van der Waals surface area contributed by atoms with Gasteiger partial charge in [-0.2, -0.15) is 9.41 Å². The number of hydrogen-bond donors (Lipinski definition) is 1. The van der Waals surface area contributed by atoms with Gasteiger partial charge in [-0.3, -0.25) is 4.79 Å². The van der Waals surface area contributed by atoms with E-state index in [9.17, 15) is 13.2 Å². The van der Waals surface area contributed by atoms with Gasteiger partial charge in [0.1, 0.15) is 0 Å². The predicted molar refractivity (Wildman–Crippen MR) is 144 cm³/mol. The van der Waals surface area contributed by atoms with Gasteiger partial charge in [-0.05, 0) is 61.7 Å². The highest BCUT2D eigenvalue weighted by Crippen LogP contribution is 2.28. The van der Waals surface area contributed by atoms with E-state index < -0.39 is 22.5 Å². The molecular formula is C28H33N3O5S. The molecule has 0 saturated heterocycles. The molecule has 1 N–H and O–H groups in total. The molecule has 9 heteroatoms. The minimum absolute atomic E-state index is 0.0467. The molecule has 0 unspecified atom stereocenters. The molecule has 0 aliphatic heterocycles. The van der Waals surface area contributed by atoms with E-state index >= 15 is 0 Å². The van der Waals surface area contributed by atoms with Crippen molar-refractivity contribution in [1.82, 2.24) is 9.73 Å². The Bertz CT molecular complexity index is 1290. The first-order valence-corrected chi connectivity index (χ1v) is 13.6. The third-order valence-corrected chi connectivity index (χ3v) is 7.12. The van der Waals surface area contributed by atoms with Crippen LogP contribution in [-0.4, -0.2) is 44.6 Å². The van der Waals surface area contributed by atoms with Gasteiger partial charge in [0.25, 0.3) is 5.91 Å². The first kappa shape index (κ1) is 27.9. The maximum absolute atomic E-state index is 13.4. The zero-order valence-electron chi connectivity index (χ0n) is 21.4. The molecule has 0 fully saturated rings. The molecule has 3 aromatic carbocycles. The van der Waals surface area contributed by atoms with Gasteiger partial charge in [0.05, 0.1) is 30.9 Å². The Morgan fingerprint density at radius 1 is 0.973 bits per heavy atom. The SMILES string of the molecule is CCCOc1ccc(/C=N\NC(=O)CN(Cc2ccccc2)S(=O)(=O)c2ccc(C)cc2)cc1OCC. The summed E-state index contributed by atoms with van der Waals surface area (Å²) in [6.07, 6.45) is 2.35. The van der Waals surface area contributed by atoms with Crippen molar-refractivity contribution in [2.24, 2.45) is 5.10 Å². The van der Waals surface area contributed by atoms with Crippen molar-refractivity contribution in [3.05, 3.63) is 89.5 Å². The van der Waals surface area contributed by atoms with E-state index in [4.69, 9.17) is 9.47 Å². The van der Waals surface area contributed by atoms with Gasteiger partial charge in [-0.15, -0.1) is 0 Å². The summed E-state index contributed by atoms with van der Waals surface area (Å²) >= 11 is 0. The number of nitrogens with one attached hydrogen (secondary N) is 1. The summed E-state index contributed by atoms with van der Waals surface area (Å²) in [5, 5.41) is 4.02. The van der Waals surface area contributed by atoms with Crippen LogP contribution in [0.4, 0.5) is 0 Å². The normalized spacial score (nSPS) is 11.6. The Morgan fingerprint density at radius 2 is 1.70 bits per heavy atom. The van der Waals surface area contributed by atoms with E-state index in [-0.39, 0.29) is 11.4 Å². The first-order valence-electron chi connectivity index (χ1n) is 12.2. The van der Waals surface area contributed by atoms with Crippen LogP contribution in [0.15, 0.2) is 82.8 Å². The number of aryl methyl sites for hydroxylation is 1. The second kappa shape index (κ2) is 13.6. The molecule has 196 valence electrons. The minimum Gasteiger partial charge on any atom is -0.490 e. The summed E-state index contributed by atoms with van der Waals surface area (Å²) in [7, 11) is -3.92. The average Bonchev–Trinajstić information content (AvgIpc) is 2.89. The van der Waals surface area contributed by atoms with Crippen LogP contribution in [0.1, 0.15) is 37.0 Å². The fraction of sp³-hybridized carbons (Fsp3) is 0.286. The van der Waals surface area contributed by atoms with E-state index in [1.807, 2.05) is 51.1 Å². The highest BCUT2D eigenvalue weighted by Gasteiger charge is 2.26. The average molecular weight is 524 g/mol. The summed E-state index contributed by atoms with van der Waals surface area (Å²) in [5.41, 5.74) is 4.84. The zero-order chi connectivity index (χ0) is 26.7. The molecule has 8 nitrogen and oxygen atoms in total. The molecule has 0 heterocycles. The fourth-order valence-electron chi connectivity index (χ4n) is 3.45. The third-order valence-electron chi connectivity index (χ3n) is 5.31. The second-order valence-corrected chi connectivity index (χ2v) is 10.3. The van der Waals surface area contributed by atoms with Crippen molar-refractivity contribution < 1.29 is 22.7 Å². The number of rotatable bonds is 13. The lowest BCUT2D eigenvalue weighted by molar-refractivity contribution is -0.121. The van der Waals surface area contributed by atoms with Crippen molar-refractivity contribution in [2.75, 3.05) is 19.8 Å². The maximum atomic E-state index is 13.4. The Morgan fingerprint density at radius 3 is 2.38 bits per heavy atom. The van der Waals surface area contributed by atoms with Crippen LogP contribution in [0.5, 0.6) is 11.5 Å². The Labute approximate surface area is 219 Å². The lowest BCUT2D eigenvalue weighted by Gasteiger charge is -2.21. The van der Waals surface area contributed by atoms with Crippen LogP contribution in [-0.2, 0) is 21.4 Å². The molecular weight excluding hydrogens is 490 g/mol. The zero-order valence-corrected chi connectivity index (χ0v) is 22.2. The molecule has 3 rings (SSSR count). The molecule has 0 bridgehead atoms. The Balaban J connectivity index is 1.73. The molecule has 0 aliphatic rings. The second-order valence-electron chi connectivity index (χ2n) is 8.35. The molecule has 3 aromatic rings. The van der Waals surface area contributed by atoms with Crippen molar-refractivity contribution in [3.8, 4) is 11.5 Å². The molecule has 0 atom stereocenters. The van der Waals surface area contributed by atoms with Gasteiger partial charge in [0, 0.05) is 6.54 Å². The molecule has 37 heavy (non-hydrogen) atoms. The molecule has 0 saturated carbocycles. The maximum Gasteiger partial charge on any atom is 0.255 e. The van der Waals surface area contributed by atoms with Crippen molar-refractivity contribution >= 4 is 22.1 Å².